The van der Waals surface area contributed by atoms with Crippen LogP contribution in [-0.4, -0.2) is 10.7 Å². The Bertz CT molecular complexity index is 770. The molecular formula is C16H12F3NO4. The van der Waals surface area contributed by atoms with Gasteiger partial charge in [-0.25, -0.2) is 0 Å². The lowest BCUT2D eigenvalue weighted by molar-refractivity contribution is -0.384. The van der Waals surface area contributed by atoms with Crippen molar-refractivity contribution in [1.29, 1.82) is 0 Å². The zero-order valence-electron chi connectivity index (χ0n) is 12.5. The maximum Gasteiger partial charge on any atom is 0.417 e. The van der Waals surface area contributed by atoms with Crippen LogP contribution >= 0.6 is 0 Å². The molecular weight excluding hydrogens is 327 g/mol. The van der Waals surface area contributed by atoms with E-state index >= 15 is 0 Å². The van der Waals surface area contributed by atoms with E-state index in [-0.39, 0.29) is 18.0 Å². The highest BCUT2D eigenvalue weighted by Gasteiger charge is 2.34. The van der Waals surface area contributed by atoms with Gasteiger partial charge in [-0.15, -0.1) is 0 Å². The van der Waals surface area contributed by atoms with E-state index in [1.165, 1.54) is 30.3 Å². The minimum atomic E-state index is -4.67. The number of ketones is 1. The Hall–Kier alpha value is -2.90. The van der Waals surface area contributed by atoms with Gasteiger partial charge in [0.1, 0.15) is 12.4 Å². The number of nitro groups is 1. The van der Waals surface area contributed by atoms with E-state index < -0.39 is 28.0 Å². The number of benzene rings is 2. The summed E-state index contributed by atoms with van der Waals surface area (Å²) in [6.45, 7) is 0.997. The second-order valence-corrected chi connectivity index (χ2v) is 4.97. The van der Waals surface area contributed by atoms with Crippen molar-refractivity contribution in [2.45, 2.75) is 19.7 Å². The highest BCUT2D eigenvalue weighted by atomic mass is 19.4. The van der Waals surface area contributed by atoms with E-state index in [1.807, 2.05) is 0 Å². The van der Waals surface area contributed by atoms with Crippen molar-refractivity contribution in [1.82, 2.24) is 0 Å². The molecule has 0 N–H and O–H groups in total. The second-order valence-electron chi connectivity index (χ2n) is 4.97. The van der Waals surface area contributed by atoms with Crippen molar-refractivity contribution in [3.63, 3.8) is 0 Å². The van der Waals surface area contributed by atoms with Gasteiger partial charge in [0, 0.05) is 17.7 Å². The lowest BCUT2D eigenvalue weighted by atomic mass is 10.0. The summed E-state index contributed by atoms with van der Waals surface area (Å²) in [7, 11) is 0. The Morgan fingerprint density at radius 1 is 1.17 bits per heavy atom. The van der Waals surface area contributed by atoms with E-state index in [0.29, 0.717) is 5.56 Å². The Morgan fingerprint density at radius 3 is 2.29 bits per heavy atom. The number of carbonyl (C=O) groups excluding carboxylic acids is 1. The Morgan fingerprint density at radius 2 is 1.79 bits per heavy atom. The van der Waals surface area contributed by atoms with Crippen LogP contribution in [0.3, 0.4) is 0 Å². The maximum atomic E-state index is 13.0. The standard InChI is InChI=1S/C16H12F3NO4/c1-10(21)14-7-6-13(8-15(14)16(17,18)19)24-9-11-2-4-12(5-3-11)20(22)23/h2-8H,9H2,1H3. The molecule has 0 fully saturated rings. The van der Waals surface area contributed by atoms with Crippen LogP contribution in [0.2, 0.25) is 0 Å². The van der Waals surface area contributed by atoms with Crippen LogP contribution in [0.4, 0.5) is 18.9 Å². The van der Waals surface area contributed by atoms with Crippen LogP contribution < -0.4 is 4.74 Å². The molecule has 0 atom stereocenters. The molecule has 0 saturated carbocycles. The van der Waals surface area contributed by atoms with Crippen molar-refractivity contribution in [2.24, 2.45) is 0 Å². The first-order valence-corrected chi connectivity index (χ1v) is 6.77. The SMILES string of the molecule is CC(=O)c1ccc(OCc2ccc([N+](=O)[O-])cc2)cc1C(F)(F)F. The summed E-state index contributed by atoms with van der Waals surface area (Å²) in [5, 5.41) is 10.6. The molecule has 0 aliphatic carbocycles. The fraction of sp³-hybridized carbons (Fsp3) is 0.188. The first kappa shape index (κ1) is 17.5. The van der Waals surface area contributed by atoms with Gasteiger partial charge in [0.05, 0.1) is 10.5 Å². The van der Waals surface area contributed by atoms with Gasteiger partial charge in [-0.3, -0.25) is 14.9 Å². The monoisotopic (exact) mass is 339 g/mol. The summed E-state index contributed by atoms with van der Waals surface area (Å²) in [4.78, 5) is 21.3. The molecule has 0 aliphatic heterocycles. The van der Waals surface area contributed by atoms with E-state index in [4.69, 9.17) is 4.74 Å². The highest BCUT2D eigenvalue weighted by Crippen LogP contribution is 2.34. The number of nitro benzene ring substituents is 1. The minimum Gasteiger partial charge on any atom is -0.489 e. The summed E-state index contributed by atoms with van der Waals surface area (Å²) < 4.78 is 44.3. The van der Waals surface area contributed by atoms with Gasteiger partial charge in [-0.2, -0.15) is 13.2 Å². The molecule has 8 heteroatoms. The number of ether oxygens (including phenoxy) is 1. The van der Waals surface area contributed by atoms with Crippen LogP contribution in [0, 0.1) is 10.1 Å². The van der Waals surface area contributed by atoms with E-state index in [2.05, 4.69) is 0 Å². The van der Waals surface area contributed by atoms with E-state index in [1.54, 1.807) is 0 Å². The molecule has 0 spiro atoms. The number of nitrogens with zero attached hydrogens (tertiary/aromatic N) is 1. The number of rotatable bonds is 5. The quantitative estimate of drug-likeness (QED) is 0.460. The van der Waals surface area contributed by atoms with Gasteiger partial charge in [-0.05, 0) is 42.8 Å². The molecule has 2 aromatic rings. The first-order valence-electron chi connectivity index (χ1n) is 6.77. The van der Waals surface area contributed by atoms with E-state index in [0.717, 1.165) is 19.1 Å². The molecule has 126 valence electrons. The van der Waals surface area contributed by atoms with Crippen LogP contribution in [0.25, 0.3) is 0 Å². The molecule has 0 amide bonds. The molecule has 2 aromatic carbocycles. The second kappa shape index (κ2) is 6.69. The summed E-state index contributed by atoms with van der Waals surface area (Å²) >= 11 is 0. The van der Waals surface area contributed by atoms with Crippen LogP contribution in [0.15, 0.2) is 42.5 Å². The third-order valence-corrected chi connectivity index (χ3v) is 3.23. The van der Waals surface area contributed by atoms with E-state index in [9.17, 15) is 28.1 Å². The highest BCUT2D eigenvalue weighted by molar-refractivity contribution is 5.95. The van der Waals surface area contributed by atoms with Gasteiger partial charge in [-0.1, -0.05) is 0 Å². The van der Waals surface area contributed by atoms with Gasteiger partial charge in [0.2, 0.25) is 0 Å². The molecule has 0 bridgehead atoms. The maximum absolute atomic E-state index is 13.0. The van der Waals surface area contributed by atoms with Gasteiger partial charge in [0.15, 0.2) is 5.78 Å². The number of Topliss-reactive ketones (excluding diaryl/α,β-unsaturated/α-hetero) is 1. The third kappa shape index (κ3) is 4.09. The number of halogens is 3. The van der Waals surface area contributed by atoms with Gasteiger partial charge in [0.25, 0.3) is 5.69 Å². The van der Waals surface area contributed by atoms with Gasteiger partial charge >= 0.3 is 6.18 Å². The Labute approximate surface area is 134 Å². The number of alkyl halides is 3. The number of hydrogen-bond acceptors (Lipinski definition) is 4. The van der Waals surface area contributed by atoms with Crippen molar-refractivity contribution >= 4 is 11.5 Å². The van der Waals surface area contributed by atoms with Crippen molar-refractivity contribution in [2.75, 3.05) is 0 Å². The predicted molar refractivity (Wildman–Crippen MR) is 78.9 cm³/mol. The fourth-order valence-electron chi connectivity index (χ4n) is 2.04. The minimum absolute atomic E-state index is 0.0503. The predicted octanol–water partition coefficient (Wildman–Crippen LogP) is 4.40. The summed E-state index contributed by atoms with van der Waals surface area (Å²) in [5.74, 6) is -0.741. The average molecular weight is 339 g/mol. The molecule has 0 unspecified atom stereocenters. The largest absolute Gasteiger partial charge is 0.489 e. The molecule has 0 saturated heterocycles. The molecule has 0 radical (unpaired) electrons. The molecule has 5 nitrogen and oxygen atoms in total. The number of non-ortho nitro benzene ring substituents is 1. The van der Waals surface area contributed by atoms with Crippen LogP contribution in [0.1, 0.15) is 28.4 Å². The number of carbonyl (C=O) groups is 1. The first-order chi connectivity index (χ1) is 11.2. The molecule has 0 aromatic heterocycles. The lowest BCUT2D eigenvalue weighted by Gasteiger charge is -2.13. The summed E-state index contributed by atoms with van der Waals surface area (Å²) in [6, 6.07) is 8.56. The van der Waals surface area contributed by atoms with Crippen LogP contribution in [0.5, 0.6) is 5.75 Å². The molecule has 0 aliphatic rings. The zero-order valence-corrected chi connectivity index (χ0v) is 12.5. The molecule has 24 heavy (non-hydrogen) atoms. The van der Waals surface area contributed by atoms with Crippen molar-refractivity contribution < 1.29 is 27.6 Å². The molecule has 0 heterocycles. The fourth-order valence-corrected chi connectivity index (χ4v) is 2.04. The van der Waals surface area contributed by atoms with Crippen LogP contribution in [-0.2, 0) is 12.8 Å². The number of hydrogen-bond donors (Lipinski definition) is 0. The van der Waals surface area contributed by atoms with Gasteiger partial charge < -0.3 is 4.74 Å². The summed E-state index contributed by atoms with van der Waals surface area (Å²) in [5.41, 5.74) is -1.02. The Balaban J connectivity index is 2.18. The zero-order chi connectivity index (χ0) is 17.9. The summed E-state index contributed by atoms with van der Waals surface area (Å²) in [6.07, 6.45) is -4.67. The average Bonchev–Trinajstić information content (AvgIpc) is 2.52. The smallest absolute Gasteiger partial charge is 0.417 e. The topological polar surface area (TPSA) is 69.4 Å². The lowest BCUT2D eigenvalue weighted by Crippen LogP contribution is -2.12. The third-order valence-electron chi connectivity index (χ3n) is 3.23. The van der Waals surface area contributed by atoms with Crippen molar-refractivity contribution in [3.8, 4) is 5.75 Å². The Kier molecular flexibility index (Phi) is 4.87. The normalized spacial score (nSPS) is 11.2. The molecule has 2 rings (SSSR count). The van der Waals surface area contributed by atoms with Crippen molar-refractivity contribution in [3.05, 3.63) is 69.3 Å².